The predicted molar refractivity (Wildman–Crippen MR) is 93.6 cm³/mol. The number of hydrogen-bond donors (Lipinski definition) is 3. The largest absolute Gasteiger partial charge is 0.478 e. The van der Waals surface area contributed by atoms with E-state index in [0.717, 1.165) is 31.2 Å². The molecule has 3 rings (SSSR count). The average Bonchev–Trinajstić information content (AvgIpc) is 2.61. The SMILES string of the molecule is O=C(NCc1ccc(C(=O)O)cc1)NC1CCOC2(CCCCC2)C1. The van der Waals surface area contributed by atoms with Gasteiger partial charge in [0.05, 0.1) is 11.2 Å². The number of carbonyl (C=O) groups excluding carboxylic acids is 1. The van der Waals surface area contributed by atoms with Crippen LogP contribution in [0.3, 0.4) is 0 Å². The van der Waals surface area contributed by atoms with Crippen LogP contribution in [0.4, 0.5) is 4.79 Å². The summed E-state index contributed by atoms with van der Waals surface area (Å²) in [5, 5.41) is 14.8. The second-order valence-corrected chi connectivity index (χ2v) is 7.11. The third-order valence-electron chi connectivity index (χ3n) is 5.25. The standard InChI is InChI=1S/C19H26N2O4/c22-17(23)15-6-4-14(5-7-15)13-20-18(24)21-16-8-11-25-19(12-16)9-2-1-3-10-19/h4-7,16H,1-3,8-13H2,(H,22,23)(H2,20,21,24). The van der Waals surface area contributed by atoms with E-state index in [4.69, 9.17) is 9.84 Å². The predicted octanol–water partition coefficient (Wildman–Crippen LogP) is 3.07. The smallest absolute Gasteiger partial charge is 0.335 e. The summed E-state index contributed by atoms with van der Waals surface area (Å²) in [6.45, 7) is 1.09. The van der Waals surface area contributed by atoms with Gasteiger partial charge in [0.25, 0.3) is 0 Å². The number of aromatic carboxylic acids is 1. The van der Waals surface area contributed by atoms with E-state index in [1.54, 1.807) is 24.3 Å². The van der Waals surface area contributed by atoms with Crippen LogP contribution in [0.15, 0.2) is 24.3 Å². The van der Waals surface area contributed by atoms with Crippen LogP contribution in [-0.4, -0.2) is 35.4 Å². The first-order valence-electron chi connectivity index (χ1n) is 9.07. The molecular weight excluding hydrogens is 320 g/mol. The van der Waals surface area contributed by atoms with E-state index in [9.17, 15) is 9.59 Å². The molecular formula is C19H26N2O4. The molecule has 136 valence electrons. The number of amides is 2. The molecule has 3 N–H and O–H groups in total. The Hall–Kier alpha value is -2.08. The second kappa shape index (κ2) is 7.87. The Morgan fingerprint density at radius 3 is 2.56 bits per heavy atom. The van der Waals surface area contributed by atoms with Gasteiger partial charge in [-0.15, -0.1) is 0 Å². The first-order valence-corrected chi connectivity index (χ1v) is 9.07. The molecule has 1 aromatic rings. The van der Waals surface area contributed by atoms with E-state index in [1.165, 1.54) is 19.3 Å². The minimum absolute atomic E-state index is 0.0267. The lowest BCUT2D eigenvalue weighted by Crippen LogP contribution is -2.51. The molecule has 1 atom stereocenters. The van der Waals surface area contributed by atoms with E-state index in [0.29, 0.717) is 13.2 Å². The average molecular weight is 346 g/mol. The van der Waals surface area contributed by atoms with Gasteiger partial charge >= 0.3 is 12.0 Å². The Kier molecular flexibility index (Phi) is 5.58. The molecule has 25 heavy (non-hydrogen) atoms. The lowest BCUT2D eigenvalue weighted by Gasteiger charge is -2.43. The molecule has 1 aliphatic heterocycles. The summed E-state index contributed by atoms with van der Waals surface area (Å²) >= 11 is 0. The highest BCUT2D eigenvalue weighted by molar-refractivity contribution is 5.87. The van der Waals surface area contributed by atoms with Crippen LogP contribution in [0, 0.1) is 0 Å². The number of benzene rings is 1. The number of carboxylic acids is 1. The Balaban J connectivity index is 1.46. The number of urea groups is 1. The quantitative estimate of drug-likeness (QED) is 0.782. The fourth-order valence-electron chi connectivity index (χ4n) is 3.88. The summed E-state index contributed by atoms with van der Waals surface area (Å²) < 4.78 is 6.06. The van der Waals surface area contributed by atoms with Gasteiger partial charge in [0.15, 0.2) is 0 Å². The number of nitrogens with one attached hydrogen (secondary N) is 2. The highest BCUT2D eigenvalue weighted by Gasteiger charge is 2.38. The van der Waals surface area contributed by atoms with E-state index >= 15 is 0 Å². The van der Waals surface area contributed by atoms with Gasteiger partial charge in [-0.2, -0.15) is 0 Å². The maximum absolute atomic E-state index is 12.2. The van der Waals surface area contributed by atoms with Gasteiger partial charge in [0.2, 0.25) is 0 Å². The zero-order chi connectivity index (χ0) is 17.7. The molecule has 0 bridgehead atoms. The normalized spacial score (nSPS) is 22.3. The van der Waals surface area contributed by atoms with Crippen molar-refractivity contribution >= 4 is 12.0 Å². The van der Waals surface area contributed by atoms with Gasteiger partial charge in [-0.1, -0.05) is 31.4 Å². The lowest BCUT2D eigenvalue weighted by molar-refractivity contribution is -0.107. The third kappa shape index (κ3) is 4.72. The highest BCUT2D eigenvalue weighted by Crippen LogP contribution is 2.38. The maximum Gasteiger partial charge on any atom is 0.335 e. The summed E-state index contributed by atoms with van der Waals surface area (Å²) in [6, 6.07) is 6.50. The number of carbonyl (C=O) groups is 2. The van der Waals surface area contributed by atoms with Crippen molar-refractivity contribution < 1.29 is 19.4 Å². The van der Waals surface area contributed by atoms with Gasteiger partial charge in [-0.25, -0.2) is 9.59 Å². The van der Waals surface area contributed by atoms with Crippen LogP contribution in [0.25, 0.3) is 0 Å². The van der Waals surface area contributed by atoms with Crippen LogP contribution in [-0.2, 0) is 11.3 Å². The van der Waals surface area contributed by atoms with Crippen molar-refractivity contribution in [3.8, 4) is 0 Å². The minimum Gasteiger partial charge on any atom is -0.478 e. The first-order chi connectivity index (χ1) is 12.1. The highest BCUT2D eigenvalue weighted by atomic mass is 16.5. The third-order valence-corrected chi connectivity index (χ3v) is 5.25. The van der Waals surface area contributed by atoms with Crippen molar-refractivity contribution in [2.24, 2.45) is 0 Å². The number of rotatable bonds is 4. The molecule has 1 aromatic carbocycles. The molecule has 1 saturated heterocycles. The maximum atomic E-state index is 12.2. The van der Waals surface area contributed by atoms with Crippen LogP contribution in [0.5, 0.6) is 0 Å². The van der Waals surface area contributed by atoms with Gasteiger partial charge in [0.1, 0.15) is 0 Å². The molecule has 1 saturated carbocycles. The molecule has 2 fully saturated rings. The van der Waals surface area contributed by atoms with E-state index in [1.807, 2.05) is 0 Å². The molecule has 1 aliphatic carbocycles. The van der Waals surface area contributed by atoms with Crippen LogP contribution >= 0.6 is 0 Å². The minimum atomic E-state index is -0.951. The van der Waals surface area contributed by atoms with Crippen LogP contribution in [0.2, 0.25) is 0 Å². The summed E-state index contributed by atoms with van der Waals surface area (Å²) in [5.41, 5.74) is 1.09. The van der Waals surface area contributed by atoms with Gasteiger partial charge in [0, 0.05) is 19.2 Å². The monoisotopic (exact) mass is 346 g/mol. The molecule has 0 radical (unpaired) electrons. The zero-order valence-corrected chi connectivity index (χ0v) is 14.4. The molecule has 0 aromatic heterocycles. The Bertz CT molecular complexity index is 603. The fourth-order valence-corrected chi connectivity index (χ4v) is 3.88. The zero-order valence-electron chi connectivity index (χ0n) is 14.4. The molecule has 1 spiro atoms. The summed E-state index contributed by atoms with van der Waals surface area (Å²) in [7, 11) is 0. The van der Waals surface area contributed by atoms with E-state index in [2.05, 4.69) is 10.6 Å². The van der Waals surface area contributed by atoms with E-state index in [-0.39, 0.29) is 23.2 Å². The van der Waals surface area contributed by atoms with Crippen molar-refractivity contribution in [2.45, 2.75) is 63.1 Å². The molecule has 6 nitrogen and oxygen atoms in total. The first kappa shape index (κ1) is 17.7. The Morgan fingerprint density at radius 2 is 1.88 bits per heavy atom. The summed E-state index contributed by atoms with van der Waals surface area (Å²) in [4.78, 5) is 23.0. The molecule has 2 aliphatic rings. The number of hydrogen-bond acceptors (Lipinski definition) is 3. The number of carboxylic acid groups (broad SMARTS) is 1. The fraction of sp³-hybridized carbons (Fsp3) is 0.579. The van der Waals surface area contributed by atoms with Gasteiger partial charge in [-0.3, -0.25) is 0 Å². The van der Waals surface area contributed by atoms with Crippen LogP contribution in [0.1, 0.15) is 60.9 Å². The lowest BCUT2D eigenvalue weighted by atomic mass is 9.78. The summed E-state index contributed by atoms with van der Waals surface area (Å²) in [5.74, 6) is -0.951. The van der Waals surface area contributed by atoms with Crippen molar-refractivity contribution in [3.05, 3.63) is 35.4 Å². The van der Waals surface area contributed by atoms with Crippen molar-refractivity contribution in [1.82, 2.24) is 10.6 Å². The van der Waals surface area contributed by atoms with E-state index < -0.39 is 5.97 Å². The Labute approximate surface area is 147 Å². The second-order valence-electron chi connectivity index (χ2n) is 7.11. The van der Waals surface area contributed by atoms with Crippen LogP contribution < -0.4 is 10.6 Å². The van der Waals surface area contributed by atoms with Gasteiger partial charge in [-0.05, 0) is 43.4 Å². The molecule has 1 heterocycles. The van der Waals surface area contributed by atoms with Crippen molar-refractivity contribution in [1.29, 1.82) is 0 Å². The topological polar surface area (TPSA) is 87.7 Å². The Morgan fingerprint density at radius 1 is 1.16 bits per heavy atom. The molecule has 2 amide bonds. The van der Waals surface area contributed by atoms with Crippen molar-refractivity contribution in [3.63, 3.8) is 0 Å². The van der Waals surface area contributed by atoms with Crippen molar-refractivity contribution in [2.75, 3.05) is 6.61 Å². The molecule has 6 heteroatoms. The summed E-state index contributed by atoms with van der Waals surface area (Å²) in [6.07, 6.45) is 7.66. The molecule has 1 unspecified atom stereocenters. The van der Waals surface area contributed by atoms with Gasteiger partial charge < -0.3 is 20.5 Å². The number of ether oxygens (including phenoxy) is 1.